The van der Waals surface area contributed by atoms with Crippen molar-refractivity contribution in [1.29, 1.82) is 0 Å². The number of benzene rings is 1. The van der Waals surface area contributed by atoms with Crippen LogP contribution in [0.25, 0.3) is 0 Å². The first-order chi connectivity index (χ1) is 13.0. The van der Waals surface area contributed by atoms with Gasteiger partial charge in [-0.25, -0.2) is 4.98 Å². The molecule has 0 saturated heterocycles. The molecule has 0 radical (unpaired) electrons. The lowest BCUT2D eigenvalue weighted by molar-refractivity contribution is 0.00302. The Morgan fingerprint density at radius 1 is 1.30 bits per heavy atom. The van der Waals surface area contributed by atoms with Crippen LogP contribution in [0, 0.1) is 11.3 Å². The number of rotatable bonds is 8. The fourth-order valence-corrected chi connectivity index (χ4v) is 3.98. The van der Waals surface area contributed by atoms with Gasteiger partial charge in [-0.2, -0.15) is 4.98 Å². The first-order valence-corrected chi connectivity index (χ1v) is 9.32. The Labute approximate surface area is 163 Å². The molecule has 1 saturated carbocycles. The molecule has 1 aromatic heterocycles. The second kappa shape index (κ2) is 8.54. The summed E-state index contributed by atoms with van der Waals surface area (Å²) in [6, 6.07) is 10.4. The van der Waals surface area contributed by atoms with E-state index in [1.54, 1.807) is 0 Å². The van der Waals surface area contributed by atoms with Gasteiger partial charge in [0.15, 0.2) is 0 Å². The molecule has 2 aromatic rings. The van der Waals surface area contributed by atoms with Gasteiger partial charge < -0.3 is 21.4 Å². The molecule has 144 valence electrons. The van der Waals surface area contributed by atoms with E-state index in [0.717, 1.165) is 25.7 Å². The number of nitrogens with two attached hydrogens (primary N) is 1. The highest BCUT2D eigenvalue weighted by Gasteiger charge is 2.43. The van der Waals surface area contributed by atoms with E-state index in [2.05, 4.69) is 44.7 Å². The van der Waals surface area contributed by atoms with Gasteiger partial charge in [0.2, 0.25) is 5.95 Å². The fraction of sp³-hybridized carbons (Fsp3) is 0.421. The Hall–Kier alpha value is -2.38. The summed E-state index contributed by atoms with van der Waals surface area (Å²) in [5, 5.41) is 25.0. The zero-order valence-electron chi connectivity index (χ0n) is 15.0. The quantitative estimate of drug-likeness (QED) is 0.239. The first kappa shape index (κ1) is 19.4. The Kier molecular flexibility index (Phi) is 6.13. The van der Waals surface area contributed by atoms with E-state index in [9.17, 15) is 5.11 Å². The van der Waals surface area contributed by atoms with Crippen LogP contribution in [-0.2, 0) is 6.42 Å². The minimum Gasteiger partial charge on any atom is -0.411 e. The molecule has 0 aliphatic heterocycles. The molecule has 0 bridgehead atoms. The molecule has 0 unspecified atom stereocenters. The van der Waals surface area contributed by atoms with Gasteiger partial charge in [-0.1, -0.05) is 47.1 Å². The van der Waals surface area contributed by atoms with Crippen LogP contribution in [-0.4, -0.2) is 39.6 Å². The van der Waals surface area contributed by atoms with E-state index in [1.165, 1.54) is 11.8 Å². The monoisotopic (exact) mass is 389 g/mol. The lowest BCUT2D eigenvalue weighted by Crippen LogP contribution is -2.45. The number of anilines is 2. The summed E-state index contributed by atoms with van der Waals surface area (Å²) in [5.74, 6) is 1.02. The van der Waals surface area contributed by atoms with E-state index in [-0.39, 0.29) is 23.1 Å². The number of oxime groups is 1. The van der Waals surface area contributed by atoms with Gasteiger partial charge >= 0.3 is 0 Å². The van der Waals surface area contributed by atoms with E-state index in [1.807, 2.05) is 6.07 Å². The zero-order chi connectivity index (χ0) is 19.3. The predicted octanol–water partition coefficient (Wildman–Crippen LogP) is 2.95. The van der Waals surface area contributed by atoms with Crippen molar-refractivity contribution in [3.05, 3.63) is 46.6 Å². The molecular weight excluding hydrogens is 366 g/mol. The van der Waals surface area contributed by atoms with Crippen molar-refractivity contribution in [2.24, 2.45) is 16.5 Å². The summed E-state index contributed by atoms with van der Waals surface area (Å²) < 4.78 is 0. The summed E-state index contributed by atoms with van der Waals surface area (Å²) in [7, 11) is 0. The van der Waals surface area contributed by atoms with Gasteiger partial charge in [-0.3, -0.25) is 0 Å². The Morgan fingerprint density at radius 2 is 2.04 bits per heavy atom. The van der Waals surface area contributed by atoms with Crippen molar-refractivity contribution in [3.63, 3.8) is 0 Å². The Balaban J connectivity index is 1.58. The summed E-state index contributed by atoms with van der Waals surface area (Å²) >= 11 is 6.04. The summed E-state index contributed by atoms with van der Waals surface area (Å²) in [4.78, 5) is 7.99. The van der Waals surface area contributed by atoms with Crippen molar-refractivity contribution in [2.75, 3.05) is 24.2 Å². The van der Waals surface area contributed by atoms with E-state index >= 15 is 0 Å². The molecule has 1 aliphatic rings. The lowest BCUT2D eigenvalue weighted by Gasteiger charge is -2.47. The van der Waals surface area contributed by atoms with E-state index < -0.39 is 0 Å². The van der Waals surface area contributed by atoms with Crippen LogP contribution < -0.4 is 11.1 Å². The van der Waals surface area contributed by atoms with Crippen LogP contribution in [0.1, 0.15) is 30.4 Å². The SMILES string of the molecule is Nc1nc(Cl)c(/C=N\O)c(NCC2(CO)CC(CCc3ccccc3)C2)n1. The van der Waals surface area contributed by atoms with Gasteiger partial charge in [0.1, 0.15) is 11.0 Å². The third-order valence-corrected chi connectivity index (χ3v) is 5.49. The van der Waals surface area contributed by atoms with Crippen LogP contribution >= 0.6 is 11.6 Å². The number of aliphatic hydroxyl groups is 1. The molecule has 5 N–H and O–H groups in total. The number of aliphatic hydroxyl groups excluding tert-OH is 1. The van der Waals surface area contributed by atoms with Crippen molar-refractivity contribution >= 4 is 29.6 Å². The maximum Gasteiger partial charge on any atom is 0.223 e. The number of nitrogen functional groups attached to an aromatic ring is 1. The standard InChI is InChI=1S/C19H24ClN5O2/c20-16-15(10-23-27)17(25-18(21)24-16)22-11-19(12-26)8-14(9-19)7-6-13-4-2-1-3-5-13/h1-5,10,14,26-27H,6-9,11-12H2,(H3,21,22,24,25)/b23-10-. The first-order valence-electron chi connectivity index (χ1n) is 8.94. The van der Waals surface area contributed by atoms with Crippen LogP contribution in [0.5, 0.6) is 0 Å². The van der Waals surface area contributed by atoms with Gasteiger partial charge in [-0.05, 0) is 37.2 Å². The number of halogens is 1. The average Bonchev–Trinajstić information content (AvgIpc) is 2.64. The van der Waals surface area contributed by atoms with Crippen LogP contribution in [0.4, 0.5) is 11.8 Å². The molecule has 1 heterocycles. The highest BCUT2D eigenvalue weighted by atomic mass is 35.5. The number of hydrogen-bond donors (Lipinski definition) is 4. The highest BCUT2D eigenvalue weighted by Crippen LogP contribution is 2.47. The number of nitrogens with zero attached hydrogens (tertiary/aromatic N) is 3. The van der Waals surface area contributed by atoms with Gasteiger partial charge in [0, 0.05) is 12.0 Å². The van der Waals surface area contributed by atoms with Crippen molar-refractivity contribution < 1.29 is 10.3 Å². The maximum atomic E-state index is 9.91. The van der Waals surface area contributed by atoms with Crippen LogP contribution in [0.3, 0.4) is 0 Å². The van der Waals surface area contributed by atoms with E-state index in [0.29, 0.717) is 23.8 Å². The minimum absolute atomic E-state index is 0.0324. The molecule has 1 aromatic carbocycles. The minimum atomic E-state index is -0.193. The summed E-state index contributed by atoms with van der Waals surface area (Å²) in [6.07, 6.45) is 5.22. The fourth-order valence-electron chi connectivity index (χ4n) is 3.75. The molecule has 0 atom stereocenters. The third-order valence-electron chi connectivity index (χ3n) is 5.20. The molecule has 27 heavy (non-hydrogen) atoms. The van der Waals surface area contributed by atoms with Crippen LogP contribution in [0.15, 0.2) is 35.5 Å². The number of hydrogen-bond acceptors (Lipinski definition) is 7. The van der Waals surface area contributed by atoms with Crippen molar-refractivity contribution in [3.8, 4) is 0 Å². The smallest absolute Gasteiger partial charge is 0.223 e. The number of aromatic nitrogens is 2. The van der Waals surface area contributed by atoms with Gasteiger partial charge in [0.05, 0.1) is 18.4 Å². The number of nitrogens with one attached hydrogen (secondary N) is 1. The molecule has 0 spiro atoms. The van der Waals surface area contributed by atoms with Crippen LogP contribution in [0.2, 0.25) is 5.15 Å². The third kappa shape index (κ3) is 4.67. The molecular formula is C19H24ClN5O2. The van der Waals surface area contributed by atoms with Gasteiger partial charge in [-0.15, -0.1) is 0 Å². The molecule has 1 fully saturated rings. The molecule has 0 amide bonds. The summed E-state index contributed by atoms with van der Waals surface area (Å²) in [5.41, 5.74) is 7.17. The van der Waals surface area contributed by atoms with Crippen molar-refractivity contribution in [1.82, 2.24) is 9.97 Å². The zero-order valence-corrected chi connectivity index (χ0v) is 15.7. The molecule has 7 nitrogen and oxygen atoms in total. The Morgan fingerprint density at radius 3 is 2.70 bits per heavy atom. The highest BCUT2D eigenvalue weighted by molar-refractivity contribution is 6.32. The van der Waals surface area contributed by atoms with E-state index in [4.69, 9.17) is 22.5 Å². The second-order valence-corrected chi connectivity index (χ2v) is 7.55. The maximum absolute atomic E-state index is 9.91. The summed E-state index contributed by atoms with van der Waals surface area (Å²) in [6.45, 7) is 0.629. The average molecular weight is 390 g/mol. The van der Waals surface area contributed by atoms with Crippen molar-refractivity contribution in [2.45, 2.75) is 25.7 Å². The largest absolute Gasteiger partial charge is 0.411 e. The second-order valence-electron chi connectivity index (χ2n) is 7.19. The molecule has 8 heteroatoms. The topological polar surface area (TPSA) is 117 Å². The lowest BCUT2D eigenvalue weighted by atomic mass is 9.61. The number of aryl methyl sites for hydroxylation is 1. The molecule has 1 aliphatic carbocycles. The van der Waals surface area contributed by atoms with Gasteiger partial charge in [0.25, 0.3) is 0 Å². The normalized spacial score (nSPS) is 21.9. The Bertz CT molecular complexity index is 794. The predicted molar refractivity (Wildman–Crippen MR) is 106 cm³/mol. The molecule has 3 rings (SSSR count).